The maximum atomic E-state index is 5.68. The SMILES string of the molecule is CCOc1ccc(OCCSc2ccccc2)cc1. The molecule has 2 rings (SSSR count). The zero-order chi connectivity index (χ0) is 13.3. The molecule has 0 amide bonds. The molecule has 0 aromatic heterocycles. The third kappa shape index (κ3) is 4.87. The van der Waals surface area contributed by atoms with E-state index in [1.807, 2.05) is 37.3 Å². The van der Waals surface area contributed by atoms with Crippen molar-refractivity contribution in [3.63, 3.8) is 0 Å². The summed E-state index contributed by atoms with van der Waals surface area (Å²) in [6, 6.07) is 18.1. The molecule has 0 fully saturated rings. The zero-order valence-electron chi connectivity index (χ0n) is 11.0. The molecule has 0 radical (unpaired) electrons. The third-order valence-corrected chi connectivity index (χ3v) is 3.48. The molecular formula is C16H18O2S. The van der Waals surface area contributed by atoms with Crippen molar-refractivity contribution in [3.05, 3.63) is 54.6 Å². The average Bonchev–Trinajstić information content (AvgIpc) is 2.47. The van der Waals surface area contributed by atoms with Gasteiger partial charge in [-0.1, -0.05) is 18.2 Å². The Morgan fingerprint density at radius 3 is 2.11 bits per heavy atom. The maximum Gasteiger partial charge on any atom is 0.119 e. The molecule has 0 atom stereocenters. The van der Waals surface area contributed by atoms with Crippen molar-refractivity contribution in [2.24, 2.45) is 0 Å². The predicted molar refractivity (Wildman–Crippen MR) is 80.3 cm³/mol. The number of rotatable bonds is 7. The van der Waals surface area contributed by atoms with E-state index in [9.17, 15) is 0 Å². The maximum absolute atomic E-state index is 5.68. The lowest BCUT2D eigenvalue weighted by atomic mass is 10.3. The molecule has 0 saturated heterocycles. The Kier molecular flexibility index (Phi) is 5.63. The molecule has 2 aromatic rings. The van der Waals surface area contributed by atoms with Crippen molar-refractivity contribution in [3.8, 4) is 11.5 Å². The average molecular weight is 274 g/mol. The highest BCUT2D eigenvalue weighted by molar-refractivity contribution is 7.99. The summed E-state index contributed by atoms with van der Waals surface area (Å²) in [6.07, 6.45) is 0. The van der Waals surface area contributed by atoms with E-state index in [0.717, 1.165) is 17.3 Å². The first-order chi connectivity index (χ1) is 9.38. The minimum absolute atomic E-state index is 0.688. The second-order valence-electron chi connectivity index (χ2n) is 3.91. The van der Waals surface area contributed by atoms with Crippen LogP contribution in [0.15, 0.2) is 59.5 Å². The van der Waals surface area contributed by atoms with Crippen molar-refractivity contribution in [1.82, 2.24) is 0 Å². The highest BCUT2D eigenvalue weighted by atomic mass is 32.2. The summed E-state index contributed by atoms with van der Waals surface area (Å²) in [5, 5.41) is 0. The molecule has 0 aliphatic carbocycles. The van der Waals surface area contributed by atoms with Gasteiger partial charge in [0, 0.05) is 10.6 Å². The Hall–Kier alpha value is -1.61. The molecule has 2 aromatic carbocycles. The van der Waals surface area contributed by atoms with Crippen molar-refractivity contribution < 1.29 is 9.47 Å². The highest BCUT2D eigenvalue weighted by Gasteiger charge is 1.97. The van der Waals surface area contributed by atoms with Crippen LogP contribution in [0.25, 0.3) is 0 Å². The molecule has 2 nitrogen and oxygen atoms in total. The lowest BCUT2D eigenvalue weighted by molar-refractivity contribution is 0.332. The molecule has 0 heterocycles. The van der Waals surface area contributed by atoms with Crippen LogP contribution in [-0.4, -0.2) is 19.0 Å². The van der Waals surface area contributed by atoms with Crippen LogP contribution < -0.4 is 9.47 Å². The van der Waals surface area contributed by atoms with Gasteiger partial charge in [-0.25, -0.2) is 0 Å². The van der Waals surface area contributed by atoms with Gasteiger partial charge >= 0.3 is 0 Å². The minimum Gasteiger partial charge on any atom is -0.494 e. The van der Waals surface area contributed by atoms with Crippen LogP contribution in [0.5, 0.6) is 11.5 Å². The summed E-state index contributed by atoms with van der Waals surface area (Å²) < 4.78 is 11.1. The first kappa shape index (κ1) is 13.8. The van der Waals surface area contributed by atoms with Gasteiger partial charge in [-0.05, 0) is 43.3 Å². The van der Waals surface area contributed by atoms with Gasteiger partial charge in [0.1, 0.15) is 11.5 Å². The third-order valence-electron chi connectivity index (χ3n) is 2.50. The van der Waals surface area contributed by atoms with Gasteiger partial charge in [0.2, 0.25) is 0 Å². The van der Waals surface area contributed by atoms with E-state index in [4.69, 9.17) is 9.47 Å². The number of ether oxygens (including phenoxy) is 2. The van der Waals surface area contributed by atoms with Crippen molar-refractivity contribution >= 4 is 11.8 Å². The van der Waals surface area contributed by atoms with E-state index in [0.29, 0.717) is 13.2 Å². The summed E-state index contributed by atoms with van der Waals surface area (Å²) >= 11 is 1.80. The fraction of sp³-hybridized carbons (Fsp3) is 0.250. The highest BCUT2D eigenvalue weighted by Crippen LogP contribution is 2.19. The molecular weight excluding hydrogens is 256 g/mol. The van der Waals surface area contributed by atoms with Crippen LogP contribution in [0.2, 0.25) is 0 Å². The summed E-state index contributed by atoms with van der Waals surface area (Å²) in [7, 11) is 0. The van der Waals surface area contributed by atoms with E-state index < -0.39 is 0 Å². The van der Waals surface area contributed by atoms with Crippen molar-refractivity contribution in [1.29, 1.82) is 0 Å². The smallest absolute Gasteiger partial charge is 0.119 e. The van der Waals surface area contributed by atoms with E-state index in [-0.39, 0.29) is 0 Å². The molecule has 0 bridgehead atoms. The van der Waals surface area contributed by atoms with Gasteiger partial charge in [0.15, 0.2) is 0 Å². The first-order valence-electron chi connectivity index (χ1n) is 6.42. The molecule has 0 aliphatic heterocycles. The Morgan fingerprint density at radius 2 is 1.47 bits per heavy atom. The molecule has 0 saturated carbocycles. The van der Waals surface area contributed by atoms with Gasteiger partial charge in [0.25, 0.3) is 0 Å². The molecule has 3 heteroatoms. The number of hydrogen-bond donors (Lipinski definition) is 0. The van der Waals surface area contributed by atoms with Gasteiger partial charge in [-0.3, -0.25) is 0 Å². The second kappa shape index (κ2) is 7.74. The van der Waals surface area contributed by atoms with Gasteiger partial charge in [-0.15, -0.1) is 11.8 Å². The number of hydrogen-bond acceptors (Lipinski definition) is 3. The number of thioether (sulfide) groups is 1. The monoisotopic (exact) mass is 274 g/mol. The molecule has 0 aliphatic rings. The Bertz CT molecular complexity index is 468. The second-order valence-corrected chi connectivity index (χ2v) is 5.08. The van der Waals surface area contributed by atoms with E-state index in [2.05, 4.69) is 24.3 Å². The Labute approximate surface area is 118 Å². The Balaban J connectivity index is 1.70. The fourth-order valence-electron chi connectivity index (χ4n) is 1.63. The van der Waals surface area contributed by atoms with Crippen LogP contribution in [0.4, 0.5) is 0 Å². The van der Waals surface area contributed by atoms with Crippen LogP contribution in [0.3, 0.4) is 0 Å². The largest absolute Gasteiger partial charge is 0.494 e. The summed E-state index contributed by atoms with van der Waals surface area (Å²) in [6.45, 7) is 3.37. The topological polar surface area (TPSA) is 18.5 Å². The van der Waals surface area contributed by atoms with E-state index >= 15 is 0 Å². The van der Waals surface area contributed by atoms with Crippen LogP contribution in [0, 0.1) is 0 Å². The Morgan fingerprint density at radius 1 is 0.842 bits per heavy atom. The summed E-state index contributed by atoms with van der Waals surface area (Å²) in [5.41, 5.74) is 0. The van der Waals surface area contributed by atoms with Crippen molar-refractivity contribution in [2.75, 3.05) is 19.0 Å². The molecule has 19 heavy (non-hydrogen) atoms. The van der Waals surface area contributed by atoms with Gasteiger partial charge in [0.05, 0.1) is 13.2 Å². The summed E-state index contributed by atoms with van der Waals surface area (Å²) in [5.74, 6) is 2.71. The minimum atomic E-state index is 0.688. The standard InChI is InChI=1S/C16H18O2S/c1-2-17-14-8-10-15(11-9-14)18-12-13-19-16-6-4-3-5-7-16/h3-11H,2,12-13H2,1H3. The fourth-order valence-corrected chi connectivity index (χ4v) is 2.39. The molecule has 0 N–H and O–H groups in total. The van der Waals surface area contributed by atoms with E-state index in [1.165, 1.54) is 4.90 Å². The quantitative estimate of drug-likeness (QED) is 0.555. The van der Waals surface area contributed by atoms with Gasteiger partial charge in [-0.2, -0.15) is 0 Å². The van der Waals surface area contributed by atoms with Crippen LogP contribution in [-0.2, 0) is 0 Å². The van der Waals surface area contributed by atoms with Crippen molar-refractivity contribution in [2.45, 2.75) is 11.8 Å². The summed E-state index contributed by atoms with van der Waals surface area (Å²) in [4.78, 5) is 1.28. The molecule has 100 valence electrons. The van der Waals surface area contributed by atoms with Gasteiger partial charge < -0.3 is 9.47 Å². The van der Waals surface area contributed by atoms with Crippen LogP contribution >= 0.6 is 11.8 Å². The van der Waals surface area contributed by atoms with E-state index in [1.54, 1.807) is 11.8 Å². The predicted octanol–water partition coefficient (Wildman–Crippen LogP) is 4.26. The lowest BCUT2D eigenvalue weighted by Gasteiger charge is -2.07. The van der Waals surface area contributed by atoms with Crippen LogP contribution in [0.1, 0.15) is 6.92 Å². The normalized spacial score (nSPS) is 10.2. The number of benzene rings is 2. The zero-order valence-corrected chi connectivity index (χ0v) is 11.9. The first-order valence-corrected chi connectivity index (χ1v) is 7.40. The molecule has 0 unspecified atom stereocenters. The lowest BCUT2D eigenvalue weighted by Crippen LogP contribution is -2.00. The molecule has 0 spiro atoms.